The number of carbonyl (C=O) groups is 1. The van der Waals surface area contributed by atoms with Gasteiger partial charge in [-0.3, -0.25) is 0 Å². The van der Waals surface area contributed by atoms with Crippen molar-refractivity contribution in [2.75, 3.05) is 0 Å². The van der Waals surface area contributed by atoms with E-state index < -0.39 is 0 Å². The zero-order chi connectivity index (χ0) is 14.9. The molecule has 0 saturated heterocycles. The number of hydrogen-bond acceptors (Lipinski definition) is 1. The maximum Gasteiger partial charge on any atom is 0.123 e. The third kappa shape index (κ3) is 1.48. The average molecular weight is 294 g/mol. The third-order valence-electron chi connectivity index (χ3n) is 8.05. The van der Waals surface area contributed by atoms with Crippen LogP contribution in [-0.2, 0) is 11.2 Å². The summed E-state index contributed by atoms with van der Waals surface area (Å²) < 4.78 is 0. The Labute approximate surface area is 133 Å². The highest BCUT2D eigenvalue weighted by molar-refractivity contribution is 5.59. The van der Waals surface area contributed by atoms with Gasteiger partial charge in [0.1, 0.15) is 6.29 Å². The van der Waals surface area contributed by atoms with Gasteiger partial charge in [-0.2, -0.15) is 0 Å². The maximum atomic E-state index is 11.8. The SMILES string of the molecule is CC[C@]12CC[C@@H]3c4ccccc4CC[C@H]3[C@@H]1C1CC1C2C=O. The number of carbonyl (C=O) groups excluding carboxylic acids is 1. The van der Waals surface area contributed by atoms with Crippen LogP contribution in [0.15, 0.2) is 24.3 Å². The molecule has 0 aromatic heterocycles. The highest BCUT2D eigenvalue weighted by Gasteiger charge is 2.69. The first-order valence-electron chi connectivity index (χ1n) is 9.33. The van der Waals surface area contributed by atoms with Crippen molar-refractivity contribution in [3.63, 3.8) is 0 Å². The van der Waals surface area contributed by atoms with Gasteiger partial charge in [-0.05, 0) is 84.7 Å². The van der Waals surface area contributed by atoms with Crippen molar-refractivity contribution >= 4 is 6.29 Å². The fourth-order valence-corrected chi connectivity index (χ4v) is 7.20. The molecule has 0 spiro atoms. The number of fused-ring (bicyclic) bond motifs is 7. The van der Waals surface area contributed by atoms with E-state index >= 15 is 0 Å². The van der Waals surface area contributed by atoms with Crippen LogP contribution in [0.1, 0.15) is 56.1 Å². The Morgan fingerprint density at radius 1 is 1.18 bits per heavy atom. The third-order valence-corrected chi connectivity index (χ3v) is 8.05. The van der Waals surface area contributed by atoms with E-state index in [1.54, 1.807) is 11.1 Å². The molecule has 116 valence electrons. The summed E-state index contributed by atoms with van der Waals surface area (Å²) in [6, 6.07) is 9.16. The van der Waals surface area contributed by atoms with Crippen LogP contribution in [0, 0.1) is 35.0 Å². The van der Waals surface area contributed by atoms with E-state index in [9.17, 15) is 4.79 Å². The van der Waals surface area contributed by atoms with Gasteiger partial charge in [0.05, 0.1) is 0 Å². The Hall–Kier alpha value is -1.11. The van der Waals surface area contributed by atoms with Crippen LogP contribution in [-0.4, -0.2) is 6.29 Å². The molecular weight excluding hydrogens is 268 g/mol. The van der Waals surface area contributed by atoms with Gasteiger partial charge in [-0.15, -0.1) is 0 Å². The van der Waals surface area contributed by atoms with Crippen LogP contribution in [0.25, 0.3) is 0 Å². The van der Waals surface area contributed by atoms with Crippen molar-refractivity contribution in [2.45, 2.75) is 51.4 Å². The molecule has 0 radical (unpaired) electrons. The lowest BCUT2D eigenvalue weighted by molar-refractivity contribution is -0.118. The van der Waals surface area contributed by atoms with Crippen molar-refractivity contribution in [2.24, 2.45) is 35.0 Å². The Morgan fingerprint density at radius 3 is 2.86 bits per heavy atom. The van der Waals surface area contributed by atoms with Crippen molar-refractivity contribution < 1.29 is 4.79 Å². The van der Waals surface area contributed by atoms with E-state index in [4.69, 9.17) is 0 Å². The average Bonchev–Trinajstić information content (AvgIpc) is 3.29. The minimum Gasteiger partial charge on any atom is -0.303 e. The van der Waals surface area contributed by atoms with Crippen LogP contribution < -0.4 is 0 Å². The topological polar surface area (TPSA) is 17.1 Å². The predicted octanol–water partition coefficient (Wildman–Crippen LogP) is 4.60. The molecule has 0 N–H and O–H groups in total. The maximum absolute atomic E-state index is 11.8. The first-order chi connectivity index (χ1) is 10.8. The van der Waals surface area contributed by atoms with Gasteiger partial charge in [0.15, 0.2) is 0 Å². The van der Waals surface area contributed by atoms with Gasteiger partial charge in [0, 0.05) is 5.92 Å². The zero-order valence-electron chi connectivity index (χ0n) is 13.5. The molecule has 0 bridgehead atoms. The highest BCUT2D eigenvalue weighted by atomic mass is 16.1. The van der Waals surface area contributed by atoms with E-state index in [1.165, 1.54) is 44.8 Å². The lowest BCUT2D eigenvalue weighted by atomic mass is 9.51. The summed E-state index contributed by atoms with van der Waals surface area (Å²) in [5, 5.41) is 0. The van der Waals surface area contributed by atoms with Crippen LogP contribution in [0.4, 0.5) is 0 Å². The zero-order valence-corrected chi connectivity index (χ0v) is 13.5. The molecule has 5 rings (SSSR count). The second kappa shape index (κ2) is 4.46. The largest absolute Gasteiger partial charge is 0.303 e. The summed E-state index contributed by atoms with van der Waals surface area (Å²) in [6.45, 7) is 2.35. The van der Waals surface area contributed by atoms with E-state index in [0.29, 0.717) is 11.3 Å². The molecule has 0 heterocycles. The van der Waals surface area contributed by atoms with Crippen molar-refractivity contribution in [3.8, 4) is 0 Å². The van der Waals surface area contributed by atoms with Crippen molar-refractivity contribution in [3.05, 3.63) is 35.4 Å². The molecule has 3 unspecified atom stereocenters. The lowest BCUT2D eigenvalue weighted by Gasteiger charge is -2.53. The summed E-state index contributed by atoms with van der Waals surface area (Å²) in [4.78, 5) is 11.8. The molecular formula is C21H26O. The Bertz CT molecular complexity index is 620. The first-order valence-corrected chi connectivity index (χ1v) is 9.33. The van der Waals surface area contributed by atoms with E-state index in [-0.39, 0.29) is 0 Å². The Morgan fingerprint density at radius 2 is 2.05 bits per heavy atom. The van der Waals surface area contributed by atoms with Gasteiger partial charge in [0.25, 0.3) is 0 Å². The molecule has 4 aliphatic carbocycles. The predicted molar refractivity (Wildman–Crippen MR) is 87.6 cm³/mol. The Balaban J connectivity index is 1.57. The fourth-order valence-electron chi connectivity index (χ4n) is 7.20. The van der Waals surface area contributed by atoms with Crippen LogP contribution in [0.3, 0.4) is 0 Å². The molecule has 1 heteroatoms. The monoisotopic (exact) mass is 294 g/mol. The van der Waals surface area contributed by atoms with E-state index in [0.717, 1.165) is 29.6 Å². The molecule has 3 fully saturated rings. The smallest absolute Gasteiger partial charge is 0.123 e. The second-order valence-corrected chi connectivity index (χ2v) is 8.38. The van der Waals surface area contributed by atoms with Crippen LogP contribution in [0.5, 0.6) is 0 Å². The number of hydrogen-bond donors (Lipinski definition) is 0. The molecule has 3 saturated carbocycles. The number of aldehydes is 1. The molecule has 1 nitrogen and oxygen atoms in total. The second-order valence-electron chi connectivity index (χ2n) is 8.38. The molecule has 4 aliphatic rings. The minimum atomic E-state index is 0.364. The summed E-state index contributed by atoms with van der Waals surface area (Å²) in [7, 11) is 0. The van der Waals surface area contributed by atoms with Crippen molar-refractivity contribution in [1.82, 2.24) is 0 Å². The van der Waals surface area contributed by atoms with Gasteiger partial charge in [-0.25, -0.2) is 0 Å². The van der Waals surface area contributed by atoms with Crippen molar-refractivity contribution in [1.29, 1.82) is 0 Å². The molecule has 1 aromatic rings. The van der Waals surface area contributed by atoms with Gasteiger partial charge in [0.2, 0.25) is 0 Å². The fraction of sp³-hybridized carbons (Fsp3) is 0.667. The summed E-state index contributed by atoms with van der Waals surface area (Å²) in [6.07, 6.45) is 9.15. The van der Waals surface area contributed by atoms with Gasteiger partial charge < -0.3 is 4.79 Å². The minimum absolute atomic E-state index is 0.364. The van der Waals surface area contributed by atoms with E-state index in [1.807, 2.05) is 0 Å². The standard InChI is InChI=1S/C21H26O/c1-2-21-10-9-15-14-6-4-3-5-13(14)7-8-16(15)20(21)18-11-17(18)19(21)12-22/h3-6,12,15-20H,2,7-11H2,1H3/t15-,16-,17?,18?,19?,20-,21-/m1/s1. The van der Waals surface area contributed by atoms with E-state index in [2.05, 4.69) is 31.2 Å². The Kier molecular flexibility index (Phi) is 2.70. The molecule has 0 aliphatic heterocycles. The molecule has 1 aromatic carbocycles. The molecule has 7 atom stereocenters. The van der Waals surface area contributed by atoms with Crippen LogP contribution >= 0.6 is 0 Å². The van der Waals surface area contributed by atoms with Gasteiger partial charge >= 0.3 is 0 Å². The quantitative estimate of drug-likeness (QED) is 0.728. The first kappa shape index (κ1) is 13.3. The number of aryl methyl sites for hydroxylation is 1. The molecule has 22 heavy (non-hydrogen) atoms. The number of benzene rings is 1. The summed E-state index contributed by atoms with van der Waals surface area (Å²) in [5.74, 6) is 4.48. The lowest BCUT2D eigenvalue weighted by Crippen LogP contribution is -2.46. The number of rotatable bonds is 2. The summed E-state index contributed by atoms with van der Waals surface area (Å²) >= 11 is 0. The normalized spacial score (nSPS) is 47.9. The molecule has 0 amide bonds. The van der Waals surface area contributed by atoms with Gasteiger partial charge in [-0.1, -0.05) is 31.2 Å². The van der Waals surface area contributed by atoms with Crippen LogP contribution in [0.2, 0.25) is 0 Å². The highest BCUT2D eigenvalue weighted by Crippen LogP contribution is 2.74. The summed E-state index contributed by atoms with van der Waals surface area (Å²) in [5.41, 5.74) is 3.61.